The summed E-state index contributed by atoms with van der Waals surface area (Å²) in [4.78, 5) is 61.3. The number of β-amino-alcohol motifs (C(OH)–C–C–N with tert-alkyl or cyclic N) is 1. The SMILES string of the molecule is CC(=O)CN1CCN(Cc2ccc(/C(F)=C/C3=NCc4ccc(O[C@H](C)c5c(Cl)cncc5Cl)cc43)cn2)CC1.Cc1cncc(Cl)c1[C@@H](C)Oc1ccc2n[nH]c(/C=C(\F)c3ccc(CN4CCC(CO)CC4)nc3)c2c1.Cc1cncc(Cl)c1[C@@H](C)Oc1ccc2n[nH]c(/C=C(\F)c3ccc(CN4CCC(O)C4)nc3)c2c1.Cc1cncc(Cl)c1[C@@H](C)Oc1ccc2n[nH]c(/C=C(\F)c3ccc(CN4CCNCC4)nc3)c2c1. The number of aliphatic hydroxyl groups is 2. The molecule has 6 N–H and O–H groups in total. The summed E-state index contributed by atoms with van der Waals surface area (Å²) in [5, 5.41) is 48.8. The second-order valence-electron chi connectivity index (χ2n) is 38.1. The lowest BCUT2D eigenvalue weighted by Crippen LogP contribution is -2.47. The van der Waals surface area contributed by atoms with Gasteiger partial charge in [0.25, 0.3) is 0 Å². The highest BCUT2D eigenvalue weighted by Gasteiger charge is 2.28. The number of carbonyl (C=O) groups is 1. The first-order chi connectivity index (χ1) is 72.5. The van der Waals surface area contributed by atoms with Crippen LogP contribution in [-0.4, -0.2) is 214 Å². The van der Waals surface area contributed by atoms with E-state index in [1.165, 1.54) is 42.9 Å². The predicted octanol–water partition coefficient (Wildman–Crippen LogP) is 22.9. The third-order valence-corrected chi connectivity index (χ3v) is 28.5. The monoisotopic (exact) mass is 2130 g/mol. The smallest absolute Gasteiger partial charge is 0.143 e. The van der Waals surface area contributed by atoms with Crippen LogP contribution >= 0.6 is 58.0 Å². The minimum Gasteiger partial charge on any atom is -0.486 e. The second kappa shape index (κ2) is 50.6. The van der Waals surface area contributed by atoms with Gasteiger partial charge in [-0.2, -0.15) is 15.3 Å². The van der Waals surface area contributed by atoms with Gasteiger partial charge in [-0.15, -0.1) is 0 Å². The lowest BCUT2D eigenvalue weighted by molar-refractivity contribution is -0.118. The summed E-state index contributed by atoms with van der Waals surface area (Å²) < 4.78 is 85.4. The zero-order chi connectivity index (χ0) is 105. The molecule has 0 radical (unpaired) electrons. The summed E-state index contributed by atoms with van der Waals surface area (Å²) in [7, 11) is 0. The number of carbonyl (C=O) groups excluding carboxylic acids is 1. The van der Waals surface area contributed by atoms with Crippen molar-refractivity contribution in [3.63, 3.8) is 0 Å². The van der Waals surface area contributed by atoms with Gasteiger partial charge in [-0.05, 0) is 231 Å². The fourth-order valence-electron chi connectivity index (χ4n) is 19.0. The van der Waals surface area contributed by atoms with Gasteiger partial charge in [-0.1, -0.05) is 64.1 Å². The van der Waals surface area contributed by atoms with E-state index in [1.807, 2.05) is 146 Å². The number of allylic oxidation sites excluding steroid dienone is 1. The Balaban J connectivity index is 0.000000136. The second-order valence-corrected chi connectivity index (χ2v) is 40.1. The van der Waals surface area contributed by atoms with Crippen LogP contribution in [0.1, 0.15) is 190 Å². The molecule has 4 aromatic carbocycles. The quantitative estimate of drug-likeness (QED) is 0.0220. The molecule has 0 amide bonds. The maximum Gasteiger partial charge on any atom is 0.143 e. The molecule has 778 valence electrons. The minimum atomic E-state index is -0.421. The normalized spacial score (nSPS) is 16.6. The Morgan fingerprint density at radius 3 is 1.12 bits per heavy atom. The summed E-state index contributed by atoms with van der Waals surface area (Å²) in [6.07, 6.45) is 26.3. The summed E-state index contributed by atoms with van der Waals surface area (Å²) in [5.74, 6) is 1.46. The number of nitrogens with one attached hydrogen (secondary N) is 4. The molecule has 20 rings (SSSR count). The average molecular weight is 2130 g/mol. The van der Waals surface area contributed by atoms with Crippen molar-refractivity contribution in [3.05, 3.63) is 339 Å². The van der Waals surface area contributed by atoms with E-state index >= 15 is 17.6 Å². The number of rotatable bonds is 31. The molecule has 0 bridgehead atoms. The van der Waals surface area contributed by atoms with E-state index in [1.54, 1.807) is 87.0 Å². The zero-order valence-corrected chi connectivity index (χ0v) is 88.0. The number of fused-ring (bicyclic) bond motifs is 4. The van der Waals surface area contributed by atoms with E-state index in [-0.39, 0.29) is 42.6 Å². The number of hydrogen-bond acceptors (Lipinski definition) is 25. The molecule has 4 fully saturated rings. The van der Waals surface area contributed by atoms with Crippen molar-refractivity contribution in [2.45, 2.75) is 138 Å². The van der Waals surface area contributed by atoms with Crippen LogP contribution in [-0.2, 0) is 37.5 Å². The van der Waals surface area contributed by atoms with Crippen LogP contribution in [0.2, 0.25) is 25.1 Å². The number of likely N-dealkylation sites (tertiary alicyclic amines) is 2. The zero-order valence-electron chi connectivity index (χ0n) is 84.2. The number of ketones is 1. The van der Waals surface area contributed by atoms with Gasteiger partial charge in [0, 0.05) is 263 Å². The first kappa shape index (κ1) is 108. The number of piperazine rings is 2. The Kier molecular flexibility index (Phi) is 36.5. The number of halogens is 9. The van der Waals surface area contributed by atoms with Gasteiger partial charge in [0.15, 0.2) is 0 Å². The van der Waals surface area contributed by atoms with Crippen LogP contribution in [0, 0.1) is 26.7 Å². The lowest BCUT2D eigenvalue weighted by atomic mass is 9.98. The molecule has 5 atom stereocenters. The van der Waals surface area contributed by atoms with Gasteiger partial charge in [-0.25, -0.2) is 17.6 Å². The van der Waals surface area contributed by atoms with Crippen LogP contribution in [0.5, 0.6) is 23.0 Å². The number of piperidine rings is 1. The summed E-state index contributed by atoms with van der Waals surface area (Å²) >= 11 is 31.6. The van der Waals surface area contributed by atoms with Crippen molar-refractivity contribution in [1.82, 2.24) is 100 Å². The Bertz CT molecular complexity index is 7130. The number of H-pyrrole nitrogens is 3. The Labute approximate surface area is 892 Å². The highest BCUT2D eigenvalue weighted by molar-refractivity contribution is 6.36. The Hall–Kier alpha value is -13.2. The first-order valence-corrected chi connectivity index (χ1v) is 51.7. The van der Waals surface area contributed by atoms with Gasteiger partial charge < -0.3 is 34.5 Å². The molecule has 0 spiro atoms. The molecule has 150 heavy (non-hydrogen) atoms. The molecule has 0 saturated carbocycles. The van der Waals surface area contributed by atoms with Gasteiger partial charge >= 0.3 is 0 Å². The maximum absolute atomic E-state index is 15.3. The van der Waals surface area contributed by atoms with E-state index in [4.69, 9.17) is 77.0 Å². The standard InChI is InChI=1S/C30H30Cl2FN5O2.C29H31ClFN5O2.C27H28ClFN6O.C27H27ClFN5O2/c1-19(39)17-37-7-9-38(10-8-37)18-23-5-3-22(14-35-23)28(33)12-29-25-11-24(6-4-21(25)13-36-29)40-20(2)30-26(31)15-34-16-27(30)32;1-18-13-32-15-25(30)29(18)19(2)38-23-5-6-27-24(11-23)28(35-34-27)12-26(31)21-3-4-22(33-14-21)16-36-9-7-20(17-37)8-10-36;1-17-13-31-15-23(28)27(17)18(2)36-21-5-6-25-22(11-21)26(34-33-25)12-24(29)19-3-4-20(32-14-19)16-35-9-7-30-8-10-35;1-16-11-30-13-23(28)27(16)17(2)36-21-5-6-25-22(9-21)26(33-32-25)10-24(29)18-3-4-19(31-12-18)14-34-8-7-20(35)15-34/h3-6,11-12,14-16,20H,7-10,13,17-18H2,1-2H3;3-6,11-15,19-20,37H,7-10,16-17H2,1-2H3,(H,34,35);3-6,11-15,18,30H,7-10,16H2,1-2H3,(H,33,34);3-6,9-13,17,20,35H,7-8,14-15H2,1-2H3,(H,32,33)/b28-12-;26-12-;24-12-;24-10-/t20-;19-;18-;17-,20?/m1111/s1. The largest absolute Gasteiger partial charge is 0.486 e. The molecular weight excluding hydrogens is 2020 g/mol. The topological polar surface area (TPSA) is 324 Å². The summed E-state index contributed by atoms with van der Waals surface area (Å²) in [6.45, 7) is 29.9. The van der Waals surface area contributed by atoms with Crippen LogP contribution in [0.15, 0.2) is 207 Å². The van der Waals surface area contributed by atoms with Crippen LogP contribution in [0.3, 0.4) is 0 Å². The highest BCUT2D eigenvalue weighted by Crippen LogP contribution is 2.40. The number of aromatic amines is 3. The first-order valence-electron chi connectivity index (χ1n) is 49.8. The van der Waals surface area contributed by atoms with Crippen LogP contribution in [0.25, 0.3) is 74.2 Å². The molecule has 5 aliphatic heterocycles. The number of benzene rings is 4. The molecule has 1 unspecified atom stereocenters. The van der Waals surface area contributed by atoms with Gasteiger partial charge in [0.2, 0.25) is 0 Å². The van der Waals surface area contributed by atoms with Crippen molar-refractivity contribution in [1.29, 1.82) is 0 Å². The number of hydrogen-bond donors (Lipinski definition) is 6. The number of pyridine rings is 8. The third kappa shape index (κ3) is 28.0. The third-order valence-electron chi connectivity index (χ3n) is 27.0. The fraction of sp³-hybridized carbons (Fsp3) is 0.319. The molecule has 0 aliphatic carbocycles. The van der Waals surface area contributed by atoms with Gasteiger partial charge in [-0.3, -0.25) is 89.5 Å². The average Bonchev–Trinajstić information content (AvgIpc) is 1.69. The Morgan fingerprint density at radius 2 is 0.753 bits per heavy atom. The summed E-state index contributed by atoms with van der Waals surface area (Å²) in [6, 6.07) is 36.6. The fourth-order valence-corrected chi connectivity index (χ4v) is 20.7. The van der Waals surface area contributed by atoms with Crippen molar-refractivity contribution >= 4 is 144 Å². The number of aryl methyl sites for hydroxylation is 3. The molecule has 15 aromatic rings. The van der Waals surface area contributed by atoms with Crippen molar-refractivity contribution in [3.8, 4) is 23.0 Å². The number of Topliss-reactive ketones (excluding diaryl/α,β-unsaturated/α-hetero) is 1. The minimum absolute atomic E-state index is 0.188. The molecule has 11 aromatic heterocycles. The predicted molar refractivity (Wildman–Crippen MR) is 582 cm³/mol. The number of nitrogens with zero attached hydrogens (tertiary/aromatic N) is 17. The molecule has 5 aliphatic rings. The van der Waals surface area contributed by atoms with Gasteiger partial charge in [0.05, 0.1) is 106 Å². The maximum atomic E-state index is 15.3. The van der Waals surface area contributed by atoms with E-state index in [0.29, 0.717) is 148 Å². The molecule has 28 nitrogen and oxygen atoms in total. The molecule has 37 heteroatoms. The van der Waals surface area contributed by atoms with Gasteiger partial charge in [0.1, 0.15) is 76.5 Å². The van der Waals surface area contributed by atoms with Crippen molar-refractivity contribution in [2.24, 2.45) is 10.9 Å². The van der Waals surface area contributed by atoms with E-state index in [0.717, 1.165) is 193 Å². The van der Waals surface area contributed by atoms with Crippen molar-refractivity contribution < 1.29 is 51.5 Å². The molecular formula is C113H116Cl5F4N21O7. The highest BCUT2D eigenvalue weighted by atomic mass is 35.5. The van der Waals surface area contributed by atoms with E-state index < -0.39 is 23.6 Å². The molecule has 16 heterocycles. The van der Waals surface area contributed by atoms with E-state index in [9.17, 15) is 15.0 Å². The number of ether oxygens (including phenoxy) is 4. The summed E-state index contributed by atoms with van der Waals surface area (Å²) in [5.41, 5.74) is 17.4. The molecule has 4 saturated heterocycles. The Morgan fingerprint density at radius 1 is 0.413 bits per heavy atom. The van der Waals surface area contributed by atoms with E-state index in [2.05, 4.69) is 105 Å². The van der Waals surface area contributed by atoms with Crippen LogP contribution < -0.4 is 24.3 Å². The number of aliphatic imine (C=N–C) groups is 1. The lowest BCUT2D eigenvalue weighted by Gasteiger charge is -2.33. The number of aromatic nitrogens is 14. The number of aliphatic hydroxyl groups excluding tert-OH is 2. The van der Waals surface area contributed by atoms with Crippen molar-refractivity contribution in [2.75, 3.05) is 91.7 Å². The van der Waals surface area contributed by atoms with Crippen LogP contribution in [0.4, 0.5) is 17.6 Å².